The second-order valence-electron chi connectivity index (χ2n) is 1.90. The lowest BCUT2D eigenvalue weighted by molar-refractivity contribution is -0.504. The molecular weight excluding hydrogens is 132 g/mol. The SMILES string of the molecule is [CH2-][NH2+]c1nc(C)c(C)s1. The van der Waals surface area contributed by atoms with Crippen LogP contribution in [-0.4, -0.2) is 4.98 Å². The molecule has 1 rings (SSSR count). The van der Waals surface area contributed by atoms with Gasteiger partial charge in [0.25, 0.3) is 5.13 Å². The molecule has 0 fully saturated rings. The van der Waals surface area contributed by atoms with Crippen molar-refractivity contribution in [2.45, 2.75) is 13.8 Å². The van der Waals surface area contributed by atoms with Crippen LogP contribution >= 0.6 is 11.3 Å². The number of thiazole rings is 1. The predicted octanol–water partition coefficient (Wildman–Crippen LogP) is 0.746. The summed E-state index contributed by atoms with van der Waals surface area (Å²) >= 11 is 1.69. The van der Waals surface area contributed by atoms with Gasteiger partial charge in [0, 0.05) is 4.88 Å². The molecule has 0 unspecified atom stereocenters. The van der Waals surface area contributed by atoms with E-state index in [1.807, 2.05) is 6.92 Å². The Balaban J connectivity index is 2.98. The molecule has 9 heavy (non-hydrogen) atoms. The molecule has 0 aliphatic rings. The summed E-state index contributed by atoms with van der Waals surface area (Å²) in [6.45, 7) is 4.08. The highest BCUT2D eigenvalue weighted by Gasteiger charge is 2.00. The van der Waals surface area contributed by atoms with E-state index in [1.54, 1.807) is 16.7 Å². The van der Waals surface area contributed by atoms with Crippen LogP contribution in [0.1, 0.15) is 10.6 Å². The van der Waals surface area contributed by atoms with Crippen LogP contribution in [0.5, 0.6) is 0 Å². The minimum Gasteiger partial charge on any atom is -0.420 e. The maximum absolute atomic E-state index is 4.23. The van der Waals surface area contributed by atoms with Crippen LogP contribution in [0.15, 0.2) is 0 Å². The highest BCUT2D eigenvalue weighted by atomic mass is 32.1. The van der Waals surface area contributed by atoms with Crippen LogP contribution in [0.25, 0.3) is 0 Å². The highest BCUT2D eigenvalue weighted by molar-refractivity contribution is 7.14. The fourth-order valence-electron chi connectivity index (χ4n) is 0.585. The lowest BCUT2D eigenvalue weighted by atomic mass is 10.4. The first-order valence-corrected chi connectivity index (χ1v) is 3.62. The Hall–Kier alpha value is -0.410. The standard InChI is InChI=1S/C6H10N2S/c1-4-5(2)9-6(7-3)8-4/h3,7H2,1-2H3. The molecule has 2 nitrogen and oxygen atoms in total. The first kappa shape index (κ1) is 6.71. The maximum atomic E-state index is 4.23. The van der Waals surface area contributed by atoms with Crippen LogP contribution in [0, 0.1) is 20.9 Å². The molecule has 0 saturated carbocycles. The zero-order valence-corrected chi connectivity index (χ0v) is 6.46. The van der Waals surface area contributed by atoms with Gasteiger partial charge < -0.3 is 5.32 Å². The van der Waals surface area contributed by atoms with Gasteiger partial charge in [-0.25, -0.2) is 0 Å². The Morgan fingerprint density at radius 1 is 1.56 bits per heavy atom. The molecule has 50 valence electrons. The number of hydrogen-bond donors (Lipinski definition) is 1. The van der Waals surface area contributed by atoms with Crippen molar-refractivity contribution < 1.29 is 5.32 Å². The molecule has 0 amide bonds. The zero-order chi connectivity index (χ0) is 6.85. The van der Waals surface area contributed by atoms with Crippen molar-refractivity contribution in [2.75, 3.05) is 0 Å². The first-order valence-electron chi connectivity index (χ1n) is 2.80. The molecule has 2 N–H and O–H groups in total. The Kier molecular flexibility index (Phi) is 1.83. The summed E-state index contributed by atoms with van der Waals surface area (Å²) in [7, 11) is 3.63. The number of aryl methyl sites for hydroxylation is 2. The van der Waals surface area contributed by atoms with Crippen molar-refractivity contribution >= 4 is 16.5 Å². The number of rotatable bonds is 1. The van der Waals surface area contributed by atoms with E-state index in [0.29, 0.717) is 0 Å². The fourth-order valence-corrected chi connectivity index (χ4v) is 1.36. The Labute approximate surface area is 58.9 Å². The van der Waals surface area contributed by atoms with Crippen LogP contribution < -0.4 is 5.32 Å². The van der Waals surface area contributed by atoms with Crippen molar-refractivity contribution in [1.82, 2.24) is 4.98 Å². The molecule has 0 radical (unpaired) electrons. The predicted molar refractivity (Wildman–Crippen MR) is 38.5 cm³/mol. The minimum atomic E-state index is 1.02. The van der Waals surface area contributed by atoms with Crippen molar-refractivity contribution in [3.05, 3.63) is 17.6 Å². The van der Waals surface area contributed by atoms with Gasteiger partial charge in [-0.15, -0.1) is 7.05 Å². The van der Waals surface area contributed by atoms with Gasteiger partial charge in [0.15, 0.2) is 0 Å². The average molecular weight is 142 g/mol. The van der Waals surface area contributed by atoms with Crippen molar-refractivity contribution in [3.8, 4) is 0 Å². The molecular formula is C6H10N2S. The summed E-state index contributed by atoms with van der Waals surface area (Å²) in [5.74, 6) is 0. The molecule has 1 aromatic rings. The number of nitrogens with two attached hydrogens (primary N) is 1. The molecule has 0 aliphatic heterocycles. The smallest absolute Gasteiger partial charge is 0.256 e. The first-order chi connectivity index (χ1) is 4.24. The van der Waals surface area contributed by atoms with E-state index in [0.717, 1.165) is 10.8 Å². The van der Waals surface area contributed by atoms with Crippen LogP contribution in [0.3, 0.4) is 0 Å². The quantitative estimate of drug-likeness (QED) is 0.576. The second-order valence-corrected chi connectivity index (χ2v) is 3.13. The zero-order valence-electron chi connectivity index (χ0n) is 5.64. The summed E-state index contributed by atoms with van der Waals surface area (Å²) in [4.78, 5) is 5.51. The number of quaternary nitrogens is 1. The molecule has 0 spiro atoms. The van der Waals surface area contributed by atoms with Gasteiger partial charge in [-0.3, -0.25) is 0 Å². The highest BCUT2D eigenvalue weighted by Crippen LogP contribution is 2.16. The summed E-state index contributed by atoms with van der Waals surface area (Å²) in [5.41, 5.74) is 1.12. The molecule has 0 aromatic carbocycles. The topological polar surface area (TPSA) is 29.5 Å². The molecule has 0 bridgehead atoms. The number of aromatic nitrogens is 1. The van der Waals surface area contributed by atoms with Gasteiger partial charge in [-0.2, -0.15) is 4.98 Å². The number of nitrogens with zero attached hydrogens (tertiary/aromatic N) is 1. The van der Waals surface area contributed by atoms with Gasteiger partial charge in [-0.05, 0) is 13.8 Å². The van der Waals surface area contributed by atoms with Crippen molar-refractivity contribution in [2.24, 2.45) is 0 Å². The third kappa shape index (κ3) is 1.28. The van der Waals surface area contributed by atoms with E-state index >= 15 is 0 Å². The van der Waals surface area contributed by atoms with Gasteiger partial charge in [0.2, 0.25) is 0 Å². The largest absolute Gasteiger partial charge is 0.420 e. The normalized spacial score (nSPS) is 10.1. The van der Waals surface area contributed by atoms with E-state index in [9.17, 15) is 0 Å². The van der Waals surface area contributed by atoms with Crippen LogP contribution in [-0.2, 0) is 0 Å². The lowest BCUT2D eigenvalue weighted by Gasteiger charge is -1.86. The average Bonchev–Trinajstić information content (AvgIpc) is 2.13. The Bertz CT molecular complexity index is 185. The van der Waals surface area contributed by atoms with E-state index in [4.69, 9.17) is 0 Å². The number of hydrogen-bond acceptors (Lipinski definition) is 2. The van der Waals surface area contributed by atoms with E-state index < -0.39 is 0 Å². The molecule has 1 heterocycles. The monoisotopic (exact) mass is 142 g/mol. The third-order valence-electron chi connectivity index (χ3n) is 1.22. The molecule has 0 atom stereocenters. The summed E-state index contributed by atoms with van der Waals surface area (Å²) in [6.07, 6.45) is 0. The summed E-state index contributed by atoms with van der Waals surface area (Å²) in [5, 5.41) is 2.80. The van der Waals surface area contributed by atoms with Crippen LogP contribution in [0.4, 0.5) is 5.13 Å². The molecule has 0 aliphatic carbocycles. The molecule has 1 aromatic heterocycles. The van der Waals surface area contributed by atoms with Crippen molar-refractivity contribution in [3.63, 3.8) is 0 Å². The van der Waals surface area contributed by atoms with Gasteiger partial charge in [0.05, 0.1) is 5.69 Å². The van der Waals surface area contributed by atoms with Gasteiger partial charge in [0.1, 0.15) is 0 Å². The van der Waals surface area contributed by atoms with Gasteiger partial charge >= 0.3 is 0 Å². The second kappa shape index (κ2) is 2.45. The third-order valence-corrected chi connectivity index (χ3v) is 2.29. The summed E-state index contributed by atoms with van der Waals surface area (Å²) < 4.78 is 0. The Morgan fingerprint density at radius 2 is 2.22 bits per heavy atom. The lowest BCUT2D eigenvalue weighted by Crippen LogP contribution is -2.69. The van der Waals surface area contributed by atoms with E-state index in [-0.39, 0.29) is 0 Å². The van der Waals surface area contributed by atoms with Crippen molar-refractivity contribution in [1.29, 1.82) is 0 Å². The van der Waals surface area contributed by atoms with E-state index in [2.05, 4.69) is 19.0 Å². The fraction of sp³-hybridized carbons (Fsp3) is 0.333. The minimum absolute atomic E-state index is 1.02. The maximum Gasteiger partial charge on any atom is 0.256 e. The molecule has 0 saturated heterocycles. The van der Waals surface area contributed by atoms with Gasteiger partial charge in [-0.1, -0.05) is 11.3 Å². The summed E-state index contributed by atoms with van der Waals surface area (Å²) in [6, 6.07) is 0. The van der Waals surface area contributed by atoms with Crippen LogP contribution in [0.2, 0.25) is 0 Å². The molecule has 3 heteroatoms. The Morgan fingerprint density at radius 3 is 2.44 bits per heavy atom. The van der Waals surface area contributed by atoms with E-state index in [1.165, 1.54) is 4.88 Å².